The molecule has 3 rings (SSSR count). The zero-order chi connectivity index (χ0) is 19.8. The van der Waals surface area contributed by atoms with Gasteiger partial charge in [0.2, 0.25) is 0 Å². The number of furan rings is 1. The predicted molar refractivity (Wildman–Crippen MR) is 106 cm³/mol. The first-order valence-corrected chi connectivity index (χ1v) is 9.61. The van der Waals surface area contributed by atoms with Gasteiger partial charge in [-0.3, -0.25) is 9.80 Å². The number of hydrogen-bond acceptors (Lipinski definition) is 7. The molecular weight excluding hydrogens is 360 g/mol. The van der Waals surface area contributed by atoms with E-state index >= 15 is 0 Å². The highest BCUT2D eigenvalue weighted by Crippen LogP contribution is 2.25. The molecule has 7 nitrogen and oxygen atoms in total. The molecule has 1 N–H and O–H groups in total. The fraction of sp³-hybridized carbons (Fsp3) is 0.524. The highest BCUT2D eigenvalue weighted by atomic mass is 16.5. The Balaban J connectivity index is 1.39. The van der Waals surface area contributed by atoms with Gasteiger partial charge < -0.3 is 23.7 Å². The van der Waals surface area contributed by atoms with Crippen molar-refractivity contribution in [2.45, 2.75) is 19.3 Å². The normalized spacial score (nSPS) is 16.8. The third-order valence-electron chi connectivity index (χ3n) is 4.95. The van der Waals surface area contributed by atoms with Crippen LogP contribution in [0.5, 0.6) is 11.5 Å². The van der Waals surface area contributed by atoms with E-state index in [2.05, 4.69) is 9.80 Å². The number of hydrogen-bond donors (Lipinski definition) is 1. The van der Waals surface area contributed by atoms with Crippen molar-refractivity contribution in [3.05, 3.63) is 47.9 Å². The van der Waals surface area contributed by atoms with Crippen LogP contribution in [0.4, 0.5) is 0 Å². The minimum atomic E-state index is -0.500. The second-order valence-electron chi connectivity index (χ2n) is 7.00. The number of ether oxygens (including phenoxy) is 3. The maximum atomic E-state index is 10.2. The van der Waals surface area contributed by atoms with E-state index in [9.17, 15) is 5.11 Å². The number of methoxy groups -OCH3 is 2. The van der Waals surface area contributed by atoms with Crippen molar-refractivity contribution in [1.29, 1.82) is 0 Å². The summed E-state index contributed by atoms with van der Waals surface area (Å²) in [7, 11) is 3.37. The maximum absolute atomic E-state index is 10.2. The molecular formula is C21H30N2O5. The van der Waals surface area contributed by atoms with Gasteiger partial charge in [0, 0.05) is 44.8 Å². The van der Waals surface area contributed by atoms with Gasteiger partial charge in [-0.05, 0) is 30.3 Å². The van der Waals surface area contributed by atoms with Gasteiger partial charge >= 0.3 is 0 Å². The average Bonchev–Trinajstić information content (AvgIpc) is 3.23. The summed E-state index contributed by atoms with van der Waals surface area (Å²) < 4.78 is 21.6. The summed E-state index contributed by atoms with van der Waals surface area (Å²) in [6.45, 7) is 5.86. The zero-order valence-corrected chi connectivity index (χ0v) is 16.7. The lowest BCUT2D eigenvalue weighted by molar-refractivity contribution is -0.00311. The van der Waals surface area contributed by atoms with Crippen LogP contribution >= 0.6 is 0 Å². The molecule has 0 aliphatic carbocycles. The molecule has 28 heavy (non-hydrogen) atoms. The predicted octanol–water partition coefficient (Wildman–Crippen LogP) is 1.99. The smallest absolute Gasteiger partial charge is 0.129 e. The van der Waals surface area contributed by atoms with Gasteiger partial charge in [0.25, 0.3) is 0 Å². The third kappa shape index (κ3) is 5.97. The van der Waals surface area contributed by atoms with Gasteiger partial charge in [-0.2, -0.15) is 0 Å². The zero-order valence-electron chi connectivity index (χ0n) is 16.7. The molecule has 1 aromatic carbocycles. The Morgan fingerprint density at radius 2 is 1.86 bits per heavy atom. The number of aliphatic hydroxyl groups is 1. The Bertz CT molecular complexity index is 699. The summed E-state index contributed by atoms with van der Waals surface area (Å²) in [5.74, 6) is 2.49. The fourth-order valence-corrected chi connectivity index (χ4v) is 3.42. The number of aliphatic hydroxyl groups excluding tert-OH is 1. The topological polar surface area (TPSA) is 67.5 Å². The molecule has 7 heteroatoms. The summed E-state index contributed by atoms with van der Waals surface area (Å²) in [5, 5.41) is 10.2. The molecule has 154 valence electrons. The van der Waals surface area contributed by atoms with Crippen molar-refractivity contribution in [3.63, 3.8) is 0 Å². The molecule has 1 fully saturated rings. The van der Waals surface area contributed by atoms with E-state index in [1.165, 1.54) is 0 Å². The molecule has 1 aromatic heterocycles. The summed E-state index contributed by atoms with van der Waals surface area (Å²) in [5.41, 5.74) is 1.13. The van der Waals surface area contributed by atoms with Crippen molar-refractivity contribution in [3.8, 4) is 11.5 Å². The first kappa shape index (κ1) is 20.7. The van der Waals surface area contributed by atoms with Crippen LogP contribution in [0.15, 0.2) is 41.0 Å². The van der Waals surface area contributed by atoms with Crippen LogP contribution in [-0.2, 0) is 17.9 Å². The van der Waals surface area contributed by atoms with Crippen molar-refractivity contribution in [2.24, 2.45) is 0 Å². The van der Waals surface area contributed by atoms with E-state index in [1.54, 1.807) is 20.5 Å². The van der Waals surface area contributed by atoms with E-state index in [0.29, 0.717) is 19.8 Å². The monoisotopic (exact) mass is 390 g/mol. The van der Waals surface area contributed by atoms with E-state index in [1.807, 2.05) is 30.3 Å². The van der Waals surface area contributed by atoms with Crippen LogP contribution in [0.2, 0.25) is 0 Å². The van der Waals surface area contributed by atoms with Crippen molar-refractivity contribution < 1.29 is 23.7 Å². The standard InChI is InChI=1S/C21H30N2O5/c1-25-19-5-6-21(26-2)17(12-19)13-22-7-9-23(10-8-22)14-18(24)15-27-16-20-4-3-11-28-20/h3-6,11-12,18,24H,7-10,13-16H2,1-2H3/t18-/m0/s1. The summed E-state index contributed by atoms with van der Waals surface area (Å²) in [6.07, 6.45) is 1.12. The number of rotatable bonds is 10. The lowest BCUT2D eigenvalue weighted by Crippen LogP contribution is -2.48. The highest BCUT2D eigenvalue weighted by molar-refractivity contribution is 5.40. The second kappa shape index (κ2) is 10.5. The molecule has 0 unspecified atom stereocenters. The van der Waals surface area contributed by atoms with Crippen molar-refractivity contribution >= 4 is 0 Å². The van der Waals surface area contributed by atoms with Crippen molar-refractivity contribution in [1.82, 2.24) is 9.80 Å². The lowest BCUT2D eigenvalue weighted by atomic mass is 10.1. The summed E-state index contributed by atoms with van der Waals surface area (Å²) in [6, 6.07) is 9.59. The highest BCUT2D eigenvalue weighted by Gasteiger charge is 2.20. The molecule has 1 saturated heterocycles. The molecule has 1 aliphatic heterocycles. The minimum Gasteiger partial charge on any atom is -0.497 e. The SMILES string of the molecule is COc1ccc(OC)c(CN2CCN(C[C@H](O)COCc3ccco3)CC2)c1. The Hall–Kier alpha value is -2.06. The Morgan fingerprint density at radius 1 is 1.07 bits per heavy atom. The Labute approximate surface area is 166 Å². The fourth-order valence-electron chi connectivity index (χ4n) is 3.42. The van der Waals surface area contributed by atoms with Gasteiger partial charge in [0.15, 0.2) is 0 Å². The van der Waals surface area contributed by atoms with Gasteiger partial charge in [0.05, 0.1) is 33.2 Å². The second-order valence-corrected chi connectivity index (χ2v) is 7.00. The third-order valence-corrected chi connectivity index (χ3v) is 4.95. The van der Waals surface area contributed by atoms with Crippen LogP contribution in [-0.4, -0.2) is 74.6 Å². The van der Waals surface area contributed by atoms with E-state index in [-0.39, 0.29) is 0 Å². The molecule has 0 spiro atoms. The minimum absolute atomic E-state index is 0.307. The molecule has 0 bridgehead atoms. The average molecular weight is 390 g/mol. The first-order valence-electron chi connectivity index (χ1n) is 9.61. The summed E-state index contributed by atoms with van der Waals surface area (Å²) >= 11 is 0. The maximum Gasteiger partial charge on any atom is 0.129 e. The van der Waals surface area contributed by atoms with Crippen LogP contribution < -0.4 is 9.47 Å². The van der Waals surface area contributed by atoms with Crippen LogP contribution in [0.25, 0.3) is 0 Å². The van der Waals surface area contributed by atoms with Crippen molar-refractivity contribution in [2.75, 3.05) is 53.6 Å². The number of nitrogens with zero attached hydrogens (tertiary/aromatic N) is 2. The summed E-state index contributed by atoms with van der Waals surface area (Å²) in [4.78, 5) is 4.67. The van der Waals surface area contributed by atoms with E-state index in [4.69, 9.17) is 18.6 Å². The molecule has 2 heterocycles. The number of benzene rings is 1. The van der Waals surface area contributed by atoms with Crippen LogP contribution in [0.1, 0.15) is 11.3 Å². The largest absolute Gasteiger partial charge is 0.497 e. The van der Waals surface area contributed by atoms with Gasteiger partial charge in [0.1, 0.15) is 23.9 Å². The Kier molecular flexibility index (Phi) is 7.73. The van der Waals surface area contributed by atoms with E-state index < -0.39 is 6.10 Å². The Morgan fingerprint density at radius 3 is 2.54 bits per heavy atom. The molecule has 0 saturated carbocycles. The molecule has 1 aliphatic rings. The molecule has 1 atom stereocenters. The molecule has 2 aromatic rings. The van der Waals surface area contributed by atoms with Crippen LogP contribution in [0, 0.1) is 0 Å². The first-order chi connectivity index (χ1) is 13.7. The van der Waals surface area contributed by atoms with Gasteiger partial charge in [-0.15, -0.1) is 0 Å². The van der Waals surface area contributed by atoms with E-state index in [0.717, 1.165) is 55.5 Å². The van der Waals surface area contributed by atoms with Gasteiger partial charge in [-0.25, -0.2) is 0 Å². The number of piperazine rings is 1. The molecule has 0 radical (unpaired) electrons. The van der Waals surface area contributed by atoms with Crippen LogP contribution in [0.3, 0.4) is 0 Å². The molecule has 0 amide bonds. The number of β-amino-alcohol motifs (C(OH)–C–C–N with tert-alkyl or cyclic N) is 1. The van der Waals surface area contributed by atoms with Gasteiger partial charge in [-0.1, -0.05) is 0 Å². The quantitative estimate of drug-likeness (QED) is 0.665. The lowest BCUT2D eigenvalue weighted by Gasteiger charge is -2.35.